The number of fused-ring (bicyclic) bond motifs is 3. The van der Waals surface area contributed by atoms with E-state index < -0.39 is 18.1 Å². The summed E-state index contributed by atoms with van der Waals surface area (Å²) in [4.78, 5) is 32.7. The molecule has 0 fully saturated rings. The molecular weight excluding hydrogens is 330 g/mol. The van der Waals surface area contributed by atoms with E-state index in [2.05, 4.69) is 21.4 Å². The first-order valence-electron chi connectivity index (χ1n) is 9.07. The predicted octanol–water partition coefficient (Wildman–Crippen LogP) is 2.75. The van der Waals surface area contributed by atoms with Gasteiger partial charge in [-0.05, 0) is 25.0 Å². The van der Waals surface area contributed by atoms with E-state index in [-0.39, 0.29) is 5.91 Å². The zero-order valence-electron chi connectivity index (χ0n) is 15.5. The number of aliphatic imine (C=N–C) groups is 1. The Bertz CT molecular complexity index is 853. The van der Waals surface area contributed by atoms with Crippen LogP contribution in [0.1, 0.15) is 44.4 Å². The van der Waals surface area contributed by atoms with Crippen LogP contribution in [0.25, 0.3) is 10.9 Å². The van der Waals surface area contributed by atoms with Crippen molar-refractivity contribution in [2.45, 2.75) is 51.6 Å². The molecule has 1 aromatic carbocycles. The standard InChI is InChI=1S/C20H25N3O3/c1-4-5-9-16(20(25)26-3)23-19(24)17-11-14-13-8-6-7-10-15(13)22-18(14)12(2)21-17/h6-8,10,16-17,22H,4-5,9,11H2,1-3H3,(H,23,24). The molecule has 0 saturated heterocycles. The van der Waals surface area contributed by atoms with E-state index in [1.54, 1.807) is 0 Å². The first kappa shape index (κ1) is 18.2. The Morgan fingerprint density at radius 1 is 1.38 bits per heavy atom. The average molecular weight is 355 g/mol. The quantitative estimate of drug-likeness (QED) is 0.782. The van der Waals surface area contributed by atoms with Gasteiger partial charge in [0.15, 0.2) is 0 Å². The Kier molecular flexibility index (Phi) is 5.40. The summed E-state index contributed by atoms with van der Waals surface area (Å²) >= 11 is 0. The fraction of sp³-hybridized carbons (Fsp3) is 0.450. The molecule has 0 aliphatic carbocycles. The van der Waals surface area contributed by atoms with Gasteiger partial charge in [0.25, 0.3) is 0 Å². The van der Waals surface area contributed by atoms with Gasteiger partial charge < -0.3 is 15.0 Å². The minimum atomic E-state index is -0.618. The molecule has 1 aromatic heterocycles. The smallest absolute Gasteiger partial charge is 0.328 e. The number of carbonyl (C=O) groups is 2. The van der Waals surface area contributed by atoms with Crippen LogP contribution in [0.15, 0.2) is 29.3 Å². The third kappa shape index (κ3) is 3.49. The van der Waals surface area contributed by atoms with Gasteiger partial charge >= 0.3 is 5.97 Å². The fourth-order valence-corrected chi connectivity index (χ4v) is 3.48. The van der Waals surface area contributed by atoms with Gasteiger partial charge in [-0.25, -0.2) is 4.79 Å². The molecule has 0 bridgehead atoms. The van der Waals surface area contributed by atoms with Crippen LogP contribution in [0.5, 0.6) is 0 Å². The normalized spacial score (nSPS) is 17.3. The van der Waals surface area contributed by atoms with Crippen LogP contribution in [0.3, 0.4) is 0 Å². The highest BCUT2D eigenvalue weighted by atomic mass is 16.5. The third-order valence-corrected chi connectivity index (χ3v) is 4.87. The lowest BCUT2D eigenvalue weighted by Gasteiger charge is -2.22. The topological polar surface area (TPSA) is 83.5 Å². The molecule has 2 atom stereocenters. The van der Waals surface area contributed by atoms with Gasteiger partial charge in [0, 0.05) is 17.3 Å². The second-order valence-corrected chi connectivity index (χ2v) is 6.69. The Hall–Kier alpha value is -2.63. The second kappa shape index (κ2) is 7.72. The van der Waals surface area contributed by atoms with Crippen LogP contribution in [0, 0.1) is 0 Å². The molecule has 0 radical (unpaired) electrons. The van der Waals surface area contributed by atoms with Crippen molar-refractivity contribution in [1.82, 2.24) is 10.3 Å². The first-order valence-corrected chi connectivity index (χ1v) is 9.07. The number of unbranched alkanes of at least 4 members (excludes halogenated alkanes) is 1. The number of methoxy groups -OCH3 is 1. The summed E-state index contributed by atoms with van der Waals surface area (Å²) in [5.41, 5.74) is 3.96. The van der Waals surface area contributed by atoms with Crippen molar-refractivity contribution in [2.24, 2.45) is 4.99 Å². The van der Waals surface area contributed by atoms with Gasteiger partial charge in [0.2, 0.25) is 5.91 Å². The maximum atomic E-state index is 12.8. The Morgan fingerprint density at radius 2 is 2.15 bits per heavy atom. The van der Waals surface area contributed by atoms with Crippen molar-refractivity contribution >= 4 is 28.5 Å². The van der Waals surface area contributed by atoms with Crippen LogP contribution in [-0.2, 0) is 20.7 Å². The highest BCUT2D eigenvalue weighted by molar-refractivity contribution is 6.07. The molecule has 3 rings (SSSR count). The molecular formula is C20H25N3O3. The van der Waals surface area contributed by atoms with E-state index in [1.807, 2.05) is 32.0 Å². The van der Waals surface area contributed by atoms with Crippen molar-refractivity contribution < 1.29 is 14.3 Å². The number of hydrogen-bond donors (Lipinski definition) is 2. The summed E-state index contributed by atoms with van der Waals surface area (Å²) in [6.45, 7) is 3.95. The third-order valence-electron chi connectivity index (χ3n) is 4.87. The lowest BCUT2D eigenvalue weighted by Crippen LogP contribution is -2.46. The minimum absolute atomic E-state index is 0.230. The lowest BCUT2D eigenvalue weighted by molar-refractivity contribution is -0.145. The predicted molar refractivity (Wildman–Crippen MR) is 101 cm³/mol. The number of H-pyrrole nitrogens is 1. The van der Waals surface area contributed by atoms with Crippen LogP contribution in [-0.4, -0.2) is 41.8 Å². The van der Waals surface area contributed by atoms with Gasteiger partial charge in [-0.3, -0.25) is 9.79 Å². The van der Waals surface area contributed by atoms with Crippen molar-refractivity contribution in [1.29, 1.82) is 0 Å². The lowest BCUT2D eigenvalue weighted by atomic mass is 9.96. The van der Waals surface area contributed by atoms with E-state index in [4.69, 9.17) is 4.74 Å². The van der Waals surface area contributed by atoms with Crippen LogP contribution >= 0.6 is 0 Å². The number of hydrogen-bond acceptors (Lipinski definition) is 4. The van der Waals surface area contributed by atoms with Crippen molar-refractivity contribution in [3.63, 3.8) is 0 Å². The number of nitrogens with zero attached hydrogens (tertiary/aromatic N) is 1. The van der Waals surface area contributed by atoms with Gasteiger partial charge in [-0.2, -0.15) is 0 Å². The first-order chi connectivity index (χ1) is 12.5. The number of carbonyl (C=O) groups excluding carboxylic acids is 2. The zero-order chi connectivity index (χ0) is 18.7. The van der Waals surface area contributed by atoms with Gasteiger partial charge in [0.05, 0.1) is 18.5 Å². The largest absolute Gasteiger partial charge is 0.467 e. The number of ether oxygens (including phenoxy) is 1. The molecule has 2 N–H and O–H groups in total. The summed E-state index contributed by atoms with van der Waals surface area (Å²) in [6, 6.07) is 6.90. The molecule has 0 spiro atoms. The number of benzene rings is 1. The number of rotatable bonds is 6. The number of para-hydroxylation sites is 1. The second-order valence-electron chi connectivity index (χ2n) is 6.69. The molecule has 1 amide bonds. The maximum absolute atomic E-state index is 12.8. The number of esters is 1. The Labute approximate surface area is 153 Å². The number of nitrogens with one attached hydrogen (secondary N) is 2. The highest BCUT2D eigenvalue weighted by Gasteiger charge is 2.30. The zero-order valence-corrected chi connectivity index (χ0v) is 15.5. The van der Waals surface area contributed by atoms with E-state index >= 15 is 0 Å². The number of aromatic nitrogens is 1. The summed E-state index contributed by atoms with van der Waals surface area (Å²) in [5.74, 6) is -0.636. The average Bonchev–Trinajstić information content (AvgIpc) is 3.03. The summed E-state index contributed by atoms with van der Waals surface area (Å²) < 4.78 is 4.83. The van der Waals surface area contributed by atoms with Gasteiger partial charge in [-0.15, -0.1) is 0 Å². The highest BCUT2D eigenvalue weighted by Crippen LogP contribution is 2.28. The maximum Gasteiger partial charge on any atom is 0.328 e. The monoisotopic (exact) mass is 355 g/mol. The molecule has 6 heteroatoms. The van der Waals surface area contributed by atoms with Crippen LogP contribution in [0.4, 0.5) is 0 Å². The van der Waals surface area contributed by atoms with E-state index in [0.717, 1.165) is 40.7 Å². The molecule has 26 heavy (non-hydrogen) atoms. The summed E-state index contributed by atoms with van der Waals surface area (Å²) in [6.07, 6.45) is 2.88. The Balaban J connectivity index is 1.80. The van der Waals surface area contributed by atoms with E-state index in [1.165, 1.54) is 7.11 Å². The van der Waals surface area contributed by atoms with E-state index in [0.29, 0.717) is 12.8 Å². The van der Waals surface area contributed by atoms with Crippen molar-refractivity contribution in [3.05, 3.63) is 35.5 Å². The fourth-order valence-electron chi connectivity index (χ4n) is 3.48. The molecule has 0 saturated carbocycles. The molecule has 2 unspecified atom stereocenters. The van der Waals surface area contributed by atoms with Crippen molar-refractivity contribution in [3.8, 4) is 0 Å². The molecule has 6 nitrogen and oxygen atoms in total. The Morgan fingerprint density at radius 3 is 2.88 bits per heavy atom. The molecule has 1 aliphatic rings. The number of amides is 1. The van der Waals surface area contributed by atoms with Crippen LogP contribution < -0.4 is 5.32 Å². The summed E-state index contributed by atoms with van der Waals surface area (Å²) in [5, 5.41) is 3.95. The summed E-state index contributed by atoms with van der Waals surface area (Å²) in [7, 11) is 1.34. The SMILES string of the molecule is CCCCC(NC(=O)C1Cc2c([nH]c3ccccc23)C(C)=N1)C(=O)OC. The van der Waals surface area contributed by atoms with Gasteiger partial charge in [0.1, 0.15) is 12.1 Å². The number of aromatic amines is 1. The van der Waals surface area contributed by atoms with Gasteiger partial charge in [-0.1, -0.05) is 38.0 Å². The molecule has 138 valence electrons. The van der Waals surface area contributed by atoms with E-state index in [9.17, 15) is 9.59 Å². The molecule has 2 heterocycles. The van der Waals surface area contributed by atoms with Crippen molar-refractivity contribution in [2.75, 3.05) is 7.11 Å². The van der Waals surface area contributed by atoms with Crippen LogP contribution in [0.2, 0.25) is 0 Å². The molecule has 1 aliphatic heterocycles. The molecule has 2 aromatic rings. The minimum Gasteiger partial charge on any atom is -0.467 e.